The first-order valence-electron chi connectivity index (χ1n) is 9.87. The number of imidazole rings is 1. The number of anilines is 1. The van der Waals surface area contributed by atoms with Crippen LogP contribution < -0.4 is 11.3 Å². The molecule has 0 saturated heterocycles. The zero-order chi connectivity index (χ0) is 22.0. The normalized spacial score (nSPS) is 22.8. The third-order valence-corrected chi connectivity index (χ3v) is 6.59. The molecule has 1 fully saturated rings. The topological polar surface area (TPSA) is 166 Å². The lowest BCUT2D eigenvalue weighted by Gasteiger charge is -2.44. The molecule has 1 unspecified atom stereocenters. The van der Waals surface area contributed by atoms with Crippen LogP contribution in [0.1, 0.15) is 18.0 Å². The number of nitrogen functional groups attached to an aromatic ring is 1. The van der Waals surface area contributed by atoms with Crippen LogP contribution in [0.3, 0.4) is 0 Å². The van der Waals surface area contributed by atoms with Crippen molar-refractivity contribution in [3.05, 3.63) is 52.6 Å². The van der Waals surface area contributed by atoms with E-state index in [9.17, 15) is 19.4 Å². The number of aliphatic hydroxyl groups excluding tert-OH is 1. The number of aromatic nitrogens is 4. The van der Waals surface area contributed by atoms with Crippen LogP contribution in [0.5, 0.6) is 0 Å². The largest absolute Gasteiger partial charge is 0.472 e. The Morgan fingerprint density at radius 1 is 1.29 bits per heavy atom. The quantitative estimate of drug-likeness (QED) is 0.352. The van der Waals surface area contributed by atoms with Crippen LogP contribution in [-0.2, 0) is 20.0 Å². The molecule has 12 heteroatoms. The van der Waals surface area contributed by atoms with Crippen molar-refractivity contribution in [2.24, 2.45) is 11.8 Å². The first-order chi connectivity index (χ1) is 14.9. The van der Waals surface area contributed by atoms with Gasteiger partial charge in [0.05, 0.1) is 19.5 Å². The molecule has 0 bridgehead atoms. The van der Waals surface area contributed by atoms with E-state index >= 15 is 0 Å². The van der Waals surface area contributed by atoms with E-state index in [1.165, 1.54) is 6.33 Å². The van der Waals surface area contributed by atoms with Crippen LogP contribution in [0.4, 0.5) is 5.95 Å². The molecule has 0 radical (unpaired) electrons. The molecule has 4 rings (SSSR count). The molecular formula is C19H24N5O6P. The van der Waals surface area contributed by atoms with E-state index in [4.69, 9.17) is 14.8 Å². The fourth-order valence-electron chi connectivity index (χ4n) is 3.90. The minimum atomic E-state index is -4.21. The molecule has 166 valence electrons. The Morgan fingerprint density at radius 3 is 2.81 bits per heavy atom. The van der Waals surface area contributed by atoms with Crippen molar-refractivity contribution >= 4 is 24.9 Å². The van der Waals surface area contributed by atoms with E-state index in [2.05, 4.69) is 15.0 Å². The smallest absolute Gasteiger partial charge is 0.396 e. The minimum absolute atomic E-state index is 0.0205. The van der Waals surface area contributed by atoms with Crippen LogP contribution >= 0.6 is 7.82 Å². The van der Waals surface area contributed by atoms with E-state index in [0.717, 1.165) is 5.56 Å². The Hall–Kier alpha value is -2.56. The number of H-pyrrole nitrogens is 1. The molecule has 2 aromatic heterocycles. The predicted octanol–water partition coefficient (Wildman–Crippen LogP) is 1.25. The van der Waals surface area contributed by atoms with Crippen LogP contribution in [-0.4, -0.2) is 49.3 Å². The zero-order valence-corrected chi connectivity index (χ0v) is 17.5. The number of phosphoric ester groups is 1. The lowest BCUT2D eigenvalue weighted by atomic mass is 9.70. The first-order valence-corrected chi connectivity index (χ1v) is 11.4. The minimum Gasteiger partial charge on any atom is -0.396 e. The fraction of sp³-hybridized carbons (Fsp3) is 0.421. The lowest BCUT2D eigenvalue weighted by Crippen LogP contribution is -2.42. The third-order valence-electron chi connectivity index (χ3n) is 5.60. The standard InChI is InChI=1S/C19H24N5O6P/c20-19-22-17-16(18(26)23-19)21-11-24(17)15-8-13(14(15)9-25)10-30-31(27,28)29-7-6-12-4-2-1-3-5-12/h1-5,11,13-15,25H,6-10H2,(H,27,28)(H3,20,22,23,26)/t13-,14-,15-/m1/s1. The lowest BCUT2D eigenvalue weighted by molar-refractivity contribution is -0.00796. The summed E-state index contributed by atoms with van der Waals surface area (Å²) in [4.78, 5) is 32.5. The molecule has 0 amide bonds. The molecule has 4 atom stereocenters. The Bertz CT molecular complexity index is 1150. The summed E-state index contributed by atoms with van der Waals surface area (Å²) in [5, 5.41) is 9.84. The van der Waals surface area contributed by atoms with Gasteiger partial charge >= 0.3 is 7.82 Å². The summed E-state index contributed by atoms with van der Waals surface area (Å²) < 4.78 is 24.1. The Labute approximate surface area is 177 Å². The van der Waals surface area contributed by atoms with Gasteiger partial charge in [0.1, 0.15) is 0 Å². The molecule has 2 heterocycles. The van der Waals surface area contributed by atoms with Crippen molar-refractivity contribution in [2.45, 2.75) is 18.9 Å². The van der Waals surface area contributed by atoms with Gasteiger partial charge in [-0.05, 0) is 24.3 Å². The van der Waals surface area contributed by atoms with Gasteiger partial charge in [-0.15, -0.1) is 0 Å². The van der Waals surface area contributed by atoms with Gasteiger partial charge in [-0.25, -0.2) is 9.55 Å². The Morgan fingerprint density at radius 2 is 2.06 bits per heavy atom. The number of phosphoric acid groups is 1. The molecule has 1 aliphatic rings. The maximum atomic E-state index is 12.2. The highest BCUT2D eigenvalue weighted by molar-refractivity contribution is 7.47. The van der Waals surface area contributed by atoms with Crippen molar-refractivity contribution in [3.8, 4) is 0 Å². The first kappa shape index (κ1) is 21.7. The van der Waals surface area contributed by atoms with Gasteiger partial charge in [-0.2, -0.15) is 4.98 Å². The number of aromatic amines is 1. The molecule has 0 spiro atoms. The van der Waals surface area contributed by atoms with Gasteiger partial charge in [0, 0.05) is 18.6 Å². The highest BCUT2D eigenvalue weighted by Gasteiger charge is 2.43. The summed E-state index contributed by atoms with van der Waals surface area (Å²) in [6.45, 7) is -0.150. The molecule has 1 saturated carbocycles. The van der Waals surface area contributed by atoms with E-state index in [1.54, 1.807) is 4.57 Å². The van der Waals surface area contributed by atoms with Crippen molar-refractivity contribution in [2.75, 3.05) is 25.6 Å². The van der Waals surface area contributed by atoms with E-state index in [-0.39, 0.29) is 49.2 Å². The van der Waals surface area contributed by atoms with Crippen LogP contribution in [0.2, 0.25) is 0 Å². The highest BCUT2D eigenvalue weighted by Crippen LogP contribution is 2.49. The molecular weight excluding hydrogens is 425 g/mol. The average Bonchev–Trinajstić information content (AvgIpc) is 3.12. The van der Waals surface area contributed by atoms with Gasteiger partial charge in [-0.3, -0.25) is 18.8 Å². The van der Waals surface area contributed by atoms with Crippen molar-refractivity contribution in [3.63, 3.8) is 0 Å². The zero-order valence-electron chi connectivity index (χ0n) is 16.6. The van der Waals surface area contributed by atoms with Crippen molar-refractivity contribution in [1.82, 2.24) is 19.5 Å². The monoisotopic (exact) mass is 449 g/mol. The number of rotatable bonds is 9. The summed E-state index contributed by atoms with van der Waals surface area (Å²) in [5.41, 5.74) is 6.68. The summed E-state index contributed by atoms with van der Waals surface area (Å²) in [7, 11) is -4.21. The summed E-state index contributed by atoms with van der Waals surface area (Å²) in [5.74, 6) is -0.443. The SMILES string of the molecule is Nc1nc2c(ncn2[C@@H]2C[C@H](COP(=O)(O)OCCc3ccccc3)[C@H]2CO)c(=O)[nH]1. The Kier molecular flexibility index (Phi) is 6.22. The maximum Gasteiger partial charge on any atom is 0.472 e. The second-order valence-electron chi connectivity index (χ2n) is 7.52. The molecule has 1 aromatic carbocycles. The van der Waals surface area contributed by atoms with E-state index < -0.39 is 13.4 Å². The second kappa shape index (κ2) is 8.89. The van der Waals surface area contributed by atoms with Gasteiger partial charge in [0.2, 0.25) is 5.95 Å². The number of hydrogen-bond acceptors (Lipinski definition) is 8. The molecule has 31 heavy (non-hydrogen) atoms. The number of fused-ring (bicyclic) bond motifs is 1. The third kappa shape index (κ3) is 4.70. The van der Waals surface area contributed by atoms with Crippen LogP contribution in [0, 0.1) is 11.8 Å². The van der Waals surface area contributed by atoms with E-state index in [0.29, 0.717) is 18.5 Å². The summed E-state index contributed by atoms with van der Waals surface area (Å²) in [6.07, 6.45) is 2.53. The average molecular weight is 449 g/mol. The number of hydrogen-bond donors (Lipinski definition) is 4. The van der Waals surface area contributed by atoms with Crippen molar-refractivity contribution in [1.29, 1.82) is 0 Å². The number of nitrogens with zero attached hydrogens (tertiary/aromatic N) is 3. The Balaban J connectivity index is 1.34. The fourth-order valence-corrected chi connectivity index (χ4v) is 4.67. The van der Waals surface area contributed by atoms with E-state index in [1.807, 2.05) is 30.3 Å². The highest BCUT2D eigenvalue weighted by atomic mass is 31.2. The molecule has 3 aromatic rings. The number of nitrogens with two attached hydrogens (primary N) is 1. The molecule has 5 N–H and O–H groups in total. The van der Waals surface area contributed by atoms with Crippen LogP contribution in [0.25, 0.3) is 11.2 Å². The van der Waals surface area contributed by atoms with Gasteiger partial charge in [-0.1, -0.05) is 30.3 Å². The predicted molar refractivity (Wildman–Crippen MR) is 112 cm³/mol. The number of aliphatic hydroxyl groups is 1. The molecule has 11 nitrogen and oxygen atoms in total. The van der Waals surface area contributed by atoms with Gasteiger partial charge < -0.3 is 20.3 Å². The second-order valence-corrected chi connectivity index (χ2v) is 8.97. The molecule has 0 aliphatic heterocycles. The van der Waals surface area contributed by atoms with Gasteiger partial charge in [0.25, 0.3) is 5.56 Å². The number of benzene rings is 1. The molecule has 1 aliphatic carbocycles. The summed E-state index contributed by atoms with van der Waals surface area (Å²) >= 11 is 0. The van der Waals surface area contributed by atoms with Gasteiger partial charge in [0.15, 0.2) is 11.2 Å². The number of nitrogens with one attached hydrogen (secondary N) is 1. The summed E-state index contributed by atoms with van der Waals surface area (Å²) in [6, 6.07) is 9.29. The van der Waals surface area contributed by atoms with Crippen LogP contribution in [0.15, 0.2) is 41.5 Å². The maximum absolute atomic E-state index is 12.2. The van der Waals surface area contributed by atoms with Crippen molar-refractivity contribution < 1.29 is 23.6 Å².